The molecule has 6 rings (SSSR count). The van der Waals surface area contributed by atoms with E-state index in [0.717, 1.165) is 35.9 Å². The van der Waals surface area contributed by atoms with Crippen LogP contribution >= 0.6 is 0 Å². The standard InChI is InChI=1S/2C19H21O.2ClH.Zr/c2*1-5-15-9-10-18(20-15)14-11-13-7-6-8-17(16(13)12-14)19(2,3)4;;;/h2*6-12H,5H2,1-4H3;2*1H;/q2*-1;;;+4/p-2. The first-order valence-electron chi connectivity index (χ1n) is 14.6. The molecule has 0 N–H and O–H groups in total. The van der Waals surface area contributed by atoms with Gasteiger partial charge in [0.25, 0.3) is 0 Å². The van der Waals surface area contributed by atoms with Gasteiger partial charge in [0, 0.05) is 12.8 Å². The van der Waals surface area contributed by atoms with Gasteiger partial charge in [-0.2, -0.15) is 0 Å². The first kappa shape index (κ1) is 36.9. The molecule has 0 bridgehead atoms. The van der Waals surface area contributed by atoms with Crippen molar-refractivity contribution in [3.63, 3.8) is 0 Å². The van der Waals surface area contributed by atoms with Crippen molar-refractivity contribution < 1.29 is 59.9 Å². The zero-order chi connectivity index (χ0) is 28.7. The molecular weight excluding hydrogens is 651 g/mol. The number of halogens is 2. The van der Waals surface area contributed by atoms with E-state index < -0.39 is 0 Å². The fraction of sp³-hybridized carbons (Fsp3) is 0.316. The van der Waals surface area contributed by atoms with Crippen LogP contribution in [0.25, 0.3) is 44.2 Å². The summed E-state index contributed by atoms with van der Waals surface area (Å²) in [7, 11) is 0. The van der Waals surface area contributed by atoms with Crippen molar-refractivity contribution >= 4 is 21.5 Å². The first-order chi connectivity index (χ1) is 19.0. The molecule has 224 valence electrons. The van der Waals surface area contributed by atoms with Crippen molar-refractivity contribution in [3.05, 3.63) is 108 Å². The van der Waals surface area contributed by atoms with Gasteiger partial charge in [-0.1, -0.05) is 102 Å². The summed E-state index contributed by atoms with van der Waals surface area (Å²) in [5.41, 5.74) is 5.45. The number of furan rings is 2. The van der Waals surface area contributed by atoms with E-state index in [1.807, 2.05) is 0 Å². The van der Waals surface area contributed by atoms with Gasteiger partial charge in [-0.3, -0.25) is 0 Å². The molecule has 0 unspecified atom stereocenters. The van der Waals surface area contributed by atoms with Crippen LogP contribution in [0.4, 0.5) is 0 Å². The predicted molar refractivity (Wildman–Crippen MR) is 171 cm³/mol. The second-order valence-corrected chi connectivity index (χ2v) is 12.8. The molecule has 0 saturated carbocycles. The average molecular weight is 693 g/mol. The van der Waals surface area contributed by atoms with Crippen LogP contribution in [0.3, 0.4) is 0 Å². The molecule has 2 nitrogen and oxygen atoms in total. The third kappa shape index (κ3) is 8.05. The molecule has 0 spiro atoms. The molecular formula is C38H42Cl2O2Zr. The Labute approximate surface area is 288 Å². The van der Waals surface area contributed by atoms with Crippen LogP contribution in [0.1, 0.15) is 78.0 Å². The van der Waals surface area contributed by atoms with Gasteiger partial charge in [0.15, 0.2) is 0 Å². The molecule has 4 aromatic carbocycles. The zero-order valence-electron chi connectivity index (χ0n) is 26.6. The van der Waals surface area contributed by atoms with Gasteiger partial charge in [-0.25, -0.2) is 0 Å². The van der Waals surface area contributed by atoms with E-state index in [1.54, 1.807) is 0 Å². The number of hydrogen-bond acceptors (Lipinski definition) is 2. The van der Waals surface area contributed by atoms with Gasteiger partial charge in [0.05, 0.1) is 23.0 Å². The number of rotatable bonds is 4. The molecule has 5 heteroatoms. The Morgan fingerprint density at radius 2 is 0.930 bits per heavy atom. The van der Waals surface area contributed by atoms with Crippen molar-refractivity contribution in [1.82, 2.24) is 0 Å². The van der Waals surface area contributed by atoms with Crippen LogP contribution in [0.5, 0.6) is 0 Å². The Morgan fingerprint density at radius 1 is 0.558 bits per heavy atom. The third-order valence-electron chi connectivity index (χ3n) is 7.71. The summed E-state index contributed by atoms with van der Waals surface area (Å²) in [5.74, 6) is 4.03. The largest absolute Gasteiger partial charge is 4.00 e. The Morgan fingerprint density at radius 3 is 1.23 bits per heavy atom. The van der Waals surface area contributed by atoms with Crippen LogP contribution in [-0.4, -0.2) is 0 Å². The summed E-state index contributed by atoms with van der Waals surface area (Å²) in [6.07, 6.45) is 1.88. The van der Waals surface area contributed by atoms with E-state index in [9.17, 15) is 0 Å². The second kappa shape index (κ2) is 14.6. The van der Waals surface area contributed by atoms with Gasteiger partial charge in [0.1, 0.15) is 0 Å². The maximum atomic E-state index is 5.87. The maximum absolute atomic E-state index is 5.87. The molecule has 6 aromatic rings. The molecule has 0 aliphatic carbocycles. The summed E-state index contributed by atoms with van der Waals surface area (Å²) in [6, 6.07) is 30.3. The van der Waals surface area contributed by atoms with Crippen molar-refractivity contribution in [1.29, 1.82) is 0 Å². The van der Waals surface area contributed by atoms with Crippen molar-refractivity contribution in [2.75, 3.05) is 0 Å². The van der Waals surface area contributed by atoms with E-state index in [1.165, 1.54) is 43.8 Å². The van der Waals surface area contributed by atoms with Crippen LogP contribution in [0.2, 0.25) is 0 Å². The molecule has 0 amide bonds. The Hall–Kier alpha value is -2.32. The molecule has 0 aliphatic heterocycles. The van der Waals surface area contributed by atoms with E-state index in [-0.39, 0.29) is 61.8 Å². The maximum Gasteiger partial charge on any atom is 4.00 e. The van der Waals surface area contributed by atoms with Crippen LogP contribution in [-0.2, 0) is 49.9 Å². The average Bonchev–Trinajstić information content (AvgIpc) is 3.71. The van der Waals surface area contributed by atoms with Gasteiger partial charge in [-0.15, -0.1) is 57.9 Å². The molecule has 2 aromatic heterocycles. The molecule has 0 fully saturated rings. The van der Waals surface area contributed by atoms with Gasteiger partial charge >= 0.3 is 26.2 Å². The number of benzene rings is 2. The first-order valence-corrected chi connectivity index (χ1v) is 14.6. The Bertz CT molecular complexity index is 1620. The number of hydrogen-bond donors (Lipinski definition) is 0. The quantitative estimate of drug-likeness (QED) is 0.233. The van der Waals surface area contributed by atoms with Crippen molar-refractivity contribution in [3.8, 4) is 22.6 Å². The normalized spacial score (nSPS) is 11.3. The van der Waals surface area contributed by atoms with E-state index >= 15 is 0 Å². The molecule has 0 saturated heterocycles. The fourth-order valence-corrected chi connectivity index (χ4v) is 5.51. The monoisotopic (exact) mass is 690 g/mol. The number of fused-ring (bicyclic) bond motifs is 2. The molecule has 0 aliphatic rings. The fourth-order valence-electron chi connectivity index (χ4n) is 5.51. The van der Waals surface area contributed by atoms with Gasteiger partial charge in [-0.05, 0) is 35.1 Å². The van der Waals surface area contributed by atoms with E-state index in [2.05, 4.69) is 140 Å². The van der Waals surface area contributed by atoms with Crippen LogP contribution in [0, 0.1) is 0 Å². The zero-order valence-corrected chi connectivity index (χ0v) is 30.5. The summed E-state index contributed by atoms with van der Waals surface area (Å²) in [6.45, 7) is 17.8. The van der Waals surface area contributed by atoms with E-state index in [4.69, 9.17) is 8.83 Å². The Balaban J connectivity index is 0.000000281. The Kier molecular flexibility index (Phi) is 12.6. The minimum Gasteiger partial charge on any atom is -1.00 e. The minimum absolute atomic E-state index is 0. The van der Waals surface area contributed by atoms with Crippen LogP contribution in [0.15, 0.2) is 93.8 Å². The molecule has 0 atom stereocenters. The predicted octanol–water partition coefficient (Wildman–Crippen LogP) is 5.36. The molecule has 2 heterocycles. The SMILES string of the molecule is CCc1ccc(-c2cc3c(C(C)(C)C)cccc3[cH-]2)o1.CCc1ccc(-c2cc3c(C(C)(C)C)cccc3[cH-]2)o1.[Cl-].[Cl-].[Zr+4]. The van der Waals surface area contributed by atoms with Crippen molar-refractivity contribution in [2.45, 2.75) is 79.1 Å². The third-order valence-corrected chi connectivity index (χ3v) is 7.71. The smallest absolute Gasteiger partial charge is 1.00 e. The summed E-state index contributed by atoms with van der Waals surface area (Å²) in [4.78, 5) is 0. The minimum atomic E-state index is 0. The molecule has 0 radical (unpaired) electrons. The van der Waals surface area contributed by atoms with Crippen LogP contribution < -0.4 is 24.8 Å². The molecule has 43 heavy (non-hydrogen) atoms. The van der Waals surface area contributed by atoms with Gasteiger partial charge in [0.2, 0.25) is 0 Å². The second-order valence-electron chi connectivity index (χ2n) is 12.8. The van der Waals surface area contributed by atoms with Gasteiger partial charge < -0.3 is 33.6 Å². The summed E-state index contributed by atoms with van der Waals surface area (Å²) < 4.78 is 11.7. The topological polar surface area (TPSA) is 26.3 Å². The van der Waals surface area contributed by atoms with Crippen molar-refractivity contribution in [2.24, 2.45) is 0 Å². The summed E-state index contributed by atoms with van der Waals surface area (Å²) >= 11 is 0. The summed E-state index contributed by atoms with van der Waals surface area (Å²) in [5, 5.41) is 5.26. The van der Waals surface area contributed by atoms with E-state index in [0.29, 0.717) is 0 Å². The number of aryl methyl sites for hydroxylation is 2.